The Balaban J connectivity index is 1.54. The van der Waals surface area contributed by atoms with Gasteiger partial charge in [0, 0.05) is 6.61 Å². The van der Waals surface area contributed by atoms with Gasteiger partial charge < -0.3 is 14.2 Å². The third kappa shape index (κ3) is 4.91. The summed E-state index contributed by atoms with van der Waals surface area (Å²) in [6.07, 6.45) is 1.99. The lowest BCUT2D eigenvalue weighted by atomic mass is 10.2. The Bertz CT molecular complexity index is 996. The quantitative estimate of drug-likeness (QED) is 0.527. The number of nitrogens with zero attached hydrogens (tertiary/aromatic N) is 2. The van der Waals surface area contributed by atoms with E-state index in [4.69, 9.17) is 19.2 Å². The summed E-state index contributed by atoms with van der Waals surface area (Å²) in [5.41, 5.74) is 2.00. The van der Waals surface area contributed by atoms with Gasteiger partial charge in [-0.25, -0.2) is 4.98 Å². The highest BCUT2D eigenvalue weighted by Crippen LogP contribution is 2.32. The van der Waals surface area contributed by atoms with Crippen LogP contribution >= 0.6 is 11.3 Å². The molecule has 158 valence electrons. The molecule has 6 nitrogen and oxygen atoms in total. The Morgan fingerprint density at radius 2 is 2.00 bits per heavy atom. The molecule has 0 bridgehead atoms. The maximum atomic E-state index is 13.1. The largest absolute Gasteiger partial charge is 0.494 e. The number of ether oxygens (including phenoxy) is 3. The molecule has 1 aromatic heterocycles. The molecule has 4 rings (SSSR count). The first-order valence-electron chi connectivity index (χ1n) is 10.3. The molecule has 0 radical (unpaired) electrons. The van der Waals surface area contributed by atoms with Crippen LogP contribution in [0.5, 0.6) is 11.5 Å². The highest BCUT2D eigenvalue weighted by molar-refractivity contribution is 7.22. The minimum Gasteiger partial charge on any atom is -0.494 e. The summed E-state index contributed by atoms with van der Waals surface area (Å²) in [5, 5.41) is 0.659. The van der Waals surface area contributed by atoms with Gasteiger partial charge in [0.25, 0.3) is 5.91 Å². The number of fused-ring (bicyclic) bond motifs is 1. The summed E-state index contributed by atoms with van der Waals surface area (Å²) >= 11 is 1.48. The normalized spacial score (nSPS) is 16.0. The standard InChI is InChI=1S/C23H26N2O4S/c1-3-27-18-10-11-20-21(13-18)30-23(24-20)25(14-19-5-4-12-28-19)22(26)15-29-17-8-6-16(2)7-9-17/h6-11,13,19H,3-5,12,14-15H2,1-2H3. The summed E-state index contributed by atoms with van der Waals surface area (Å²) in [4.78, 5) is 19.5. The molecule has 0 spiro atoms. The number of benzene rings is 2. The third-order valence-corrected chi connectivity index (χ3v) is 6.03. The van der Waals surface area contributed by atoms with Crippen LogP contribution in [0.3, 0.4) is 0 Å². The van der Waals surface area contributed by atoms with Gasteiger partial charge in [-0.2, -0.15) is 0 Å². The van der Waals surface area contributed by atoms with E-state index in [0.29, 0.717) is 24.0 Å². The molecule has 2 heterocycles. The van der Waals surface area contributed by atoms with Gasteiger partial charge in [-0.15, -0.1) is 0 Å². The van der Waals surface area contributed by atoms with E-state index in [1.165, 1.54) is 11.3 Å². The van der Waals surface area contributed by atoms with Gasteiger partial charge in [0.2, 0.25) is 0 Å². The van der Waals surface area contributed by atoms with Crippen LogP contribution in [-0.2, 0) is 9.53 Å². The van der Waals surface area contributed by atoms with E-state index in [1.807, 2.05) is 56.3 Å². The van der Waals surface area contributed by atoms with Crippen molar-refractivity contribution >= 4 is 32.6 Å². The molecule has 1 saturated heterocycles. The van der Waals surface area contributed by atoms with Crippen molar-refractivity contribution in [2.75, 3.05) is 31.3 Å². The second-order valence-corrected chi connectivity index (χ2v) is 8.31. The molecular formula is C23H26N2O4S. The van der Waals surface area contributed by atoms with E-state index in [1.54, 1.807) is 4.90 Å². The zero-order valence-corrected chi connectivity index (χ0v) is 18.1. The van der Waals surface area contributed by atoms with Crippen molar-refractivity contribution in [2.45, 2.75) is 32.8 Å². The third-order valence-electron chi connectivity index (χ3n) is 4.99. The van der Waals surface area contributed by atoms with Gasteiger partial charge in [0.05, 0.1) is 29.5 Å². The van der Waals surface area contributed by atoms with Crippen molar-refractivity contribution in [2.24, 2.45) is 0 Å². The lowest BCUT2D eigenvalue weighted by Gasteiger charge is -2.23. The summed E-state index contributed by atoms with van der Waals surface area (Å²) in [5.74, 6) is 1.35. The van der Waals surface area contributed by atoms with Crippen LogP contribution in [-0.4, -0.2) is 43.4 Å². The number of thiazole rings is 1. The van der Waals surface area contributed by atoms with Gasteiger partial charge in [0.1, 0.15) is 11.5 Å². The van der Waals surface area contributed by atoms with Crippen LogP contribution in [0.1, 0.15) is 25.3 Å². The number of hydrogen-bond donors (Lipinski definition) is 0. The molecule has 1 amide bonds. The van der Waals surface area contributed by atoms with Crippen LogP contribution in [0.25, 0.3) is 10.2 Å². The molecule has 1 aliphatic rings. The number of aromatic nitrogens is 1. The van der Waals surface area contributed by atoms with Crippen molar-refractivity contribution in [3.8, 4) is 11.5 Å². The fourth-order valence-corrected chi connectivity index (χ4v) is 4.42. The maximum absolute atomic E-state index is 13.1. The maximum Gasteiger partial charge on any atom is 0.266 e. The monoisotopic (exact) mass is 426 g/mol. The Morgan fingerprint density at radius 1 is 1.20 bits per heavy atom. The van der Waals surface area contributed by atoms with E-state index in [2.05, 4.69) is 0 Å². The van der Waals surface area contributed by atoms with Crippen molar-refractivity contribution in [1.82, 2.24) is 4.98 Å². The molecule has 1 unspecified atom stereocenters. The molecule has 0 N–H and O–H groups in total. The van der Waals surface area contributed by atoms with E-state index < -0.39 is 0 Å². The van der Waals surface area contributed by atoms with Crippen LogP contribution < -0.4 is 14.4 Å². The fraction of sp³-hybridized carbons (Fsp3) is 0.391. The zero-order chi connectivity index (χ0) is 20.9. The highest BCUT2D eigenvalue weighted by Gasteiger charge is 2.26. The van der Waals surface area contributed by atoms with Crippen molar-refractivity contribution in [1.29, 1.82) is 0 Å². The molecule has 0 aliphatic carbocycles. The van der Waals surface area contributed by atoms with E-state index in [9.17, 15) is 4.79 Å². The summed E-state index contributed by atoms with van der Waals surface area (Å²) < 4.78 is 18.1. The van der Waals surface area contributed by atoms with Crippen LogP contribution in [0.15, 0.2) is 42.5 Å². The number of carbonyl (C=O) groups is 1. The van der Waals surface area contributed by atoms with Gasteiger partial charge in [-0.05, 0) is 57.0 Å². The lowest BCUT2D eigenvalue weighted by molar-refractivity contribution is -0.120. The molecule has 3 aromatic rings. The number of carbonyl (C=O) groups excluding carboxylic acids is 1. The second-order valence-electron chi connectivity index (χ2n) is 7.30. The number of aryl methyl sites for hydroxylation is 1. The topological polar surface area (TPSA) is 60.9 Å². The minimum absolute atomic E-state index is 0.0272. The smallest absolute Gasteiger partial charge is 0.266 e. The first kappa shape index (κ1) is 20.6. The first-order chi connectivity index (χ1) is 14.6. The van der Waals surface area contributed by atoms with E-state index in [-0.39, 0.29) is 18.6 Å². The SMILES string of the molecule is CCOc1ccc2nc(N(CC3CCCO3)C(=O)COc3ccc(C)cc3)sc2c1. The number of hydrogen-bond acceptors (Lipinski definition) is 6. The summed E-state index contributed by atoms with van der Waals surface area (Å²) in [6.45, 7) is 5.76. The van der Waals surface area contributed by atoms with Gasteiger partial charge in [0.15, 0.2) is 11.7 Å². The van der Waals surface area contributed by atoms with E-state index in [0.717, 1.165) is 41.0 Å². The van der Waals surface area contributed by atoms with Gasteiger partial charge in [-0.1, -0.05) is 29.0 Å². The molecule has 1 atom stereocenters. The van der Waals surface area contributed by atoms with Gasteiger partial charge in [-0.3, -0.25) is 9.69 Å². The Labute approximate surface area is 180 Å². The molecule has 1 aliphatic heterocycles. The average molecular weight is 427 g/mol. The number of amides is 1. The Kier molecular flexibility index (Phi) is 6.50. The van der Waals surface area contributed by atoms with Crippen LogP contribution in [0.2, 0.25) is 0 Å². The van der Waals surface area contributed by atoms with Crippen molar-refractivity contribution in [3.63, 3.8) is 0 Å². The molecular weight excluding hydrogens is 400 g/mol. The van der Waals surface area contributed by atoms with Gasteiger partial charge >= 0.3 is 0 Å². The fourth-order valence-electron chi connectivity index (χ4n) is 3.40. The average Bonchev–Trinajstić information content (AvgIpc) is 3.41. The highest BCUT2D eigenvalue weighted by atomic mass is 32.1. The minimum atomic E-state index is -0.129. The first-order valence-corrected chi connectivity index (χ1v) is 11.1. The predicted octanol–water partition coefficient (Wildman–Crippen LogP) is 4.59. The molecule has 30 heavy (non-hydrogen) atoms. The molecule has 2 aromatic carbocycles. The molecule has 1 fully saturated rings. The van der Waals surface area contributed by atoms with Crippen molar-refractivity contribution < 1.29 is 19.0 Å². The molecule has 7 heteroatoms. The Hall–Kier alpha value is -2.64. The predicted molar refractivity (Wildman–Crippen MR) is 119 cm³/mol. The summed E-state index contributed by atoms with van der Waals surface area (Å²) in [6, 6.07) is 13.5. The van der Waals surface area contributed by atoms with Crippen LogP contribution in [0, 0.1) is 6.92 Å². The van der Waals surface area contributed by atoms with Crippen molar-refractivity contribution in [3.05, 3.63) is 48.0 Å². The lowest BCUT2D eigenvalue weighted by Crippen LogP contribution is -2.40. The zero-order valence-electron chi connectivity index (χ0n) is 17.3. The number of rotatable bonds is 8. The van der Waals surface area contributed by atoms with E-state index >= 15 is 0 Å². The van der Waals surface area contributed by atoms with Crippen LogP contribution in [0.4, 0.5) is 5.13 Å². The summed E-state index contributed by atoms with van der Waals surface area (Å²) in [7, 11) is 0. The second kappa shape index (κ2) is 9.45. The molecule has 0 saturated carbocycles. The Morgan fingerprint density at radius 3 is 2.73 bits per heavy atom. The number of anilines is 1.